The van der Waals surface area contributed by atoms with Gasteiger partial charge in [-0.25, -0.2) is 4.98 Å². The van der Waals surface area contributed by atoms with E-state index in [1.54, 1.807) is 6.08 Å². The van der Waals surface area contributed by atoms with Gasteiger partial charge in [0.25, 0.3) is 0 Å². The molecule has 5 heteroatoms. The fourth-order valence-corrected chi connectivity index (χ4v) is 4.25. The highest BCUT2D eigenvalue weighted by molar-refractivity contribution is 5.91. The molecule has 3 aromatic carbocycles. The van der Waals surface area contributed by atoms with Crippen LogP contribution in [0.5, 0.6) is 5.75 Å². The van der Waals surface area contributed by atoms with Crippen molar-refractivity contribution in [1.82, 2.24) is 14.9 Å². The first kappa shape index (κ1) is 24.3. The van der Waals surface area contributed by atoms with Gasteiger partial charge in [-0.2, -0.15) is 0 Å². The van der Waals surface area contributed by atoms with Gasteiger partial charge in [-0.3, -0.25) is 4.79 Å². The number of carbonyl (C=O) groups excluding carboxylic acids is 1. The second kappa shape index (κ2) is 12.0. The number of nitrogens with one attached hydrogen (secondary N) is 1. The van der Waals surface area contributed by atoms with E-state index in [0.29, 0.717) is 13.2 Å². The molecule has 1 aromatic heterocycles. The summed E-state index contributed by atoms with van der Waals surface area (Å²) in [7, 11) is 0. The Balaban J connectivity index is 1.29. The first-order valence-electron chi connectivity index (χ1n) is 12.2. The van der Waals surface area contributed by atoms with E-state index in [4.69, 9.17) is 9.72 Å². The van der Waals surface area contributed by atoms with E-state index in [0.717, 1.165) is 54.0 Å². The molecule has 5 nitrogen and oxygen atoms in total. The Kier molecular flexibility index (Phi) is 8.34. The molecule has 0 spiro atoms. The molecule has 0 radical (unpaired) electrons. The van der Waals surface area contributed by atoms with Crippen molar-refractivity contribution in [3.05, 3.63) is 101 Å². The molecule has 0 saturated carbocycles. The molecule has 1 N–H and O–H groups in total. The van der Waals surface area contributed by atoms with Crippen LogP contribution in [-0.4, -0.2) is 28.6 Å². The lowest BCUT2D eigenvalue weighted by Crippen LogP contribution is -2.22. The van der Waals surface area contributed by atoms with Crippen molar-refractivity contribution >= 4 is 23.0 Å². The zero-order valence-corrected chi connectivity index (χ0v) is 20.5. The van der Waals surface area contributed by atoms with Gasteiger partial charge in [0.2, 0.25) is 5.91 Å². The van der Waals surface area contributed by atoms with Crippen LogP contribution in [0.15, 0.2) is 78.9 Å². The first-order valence-corrected chi connectivity index (χ1v) is 12.2. The second-order valence-corrected chi connectivity index (χ2v) is 8.83. The van der Waals surface area contributed by atoms with E-state index in [-0.39, 0.29) is 5.91 Å². The number of nitrogens with zero attached hydrogens (tertiary/aromatic N) is 2. The van der Waals surface area contributed by atoms with Gasteiger partial charge in [-0.1, -0.05) is 48.5 Å². The number of benzene rings is 3. The van der Waals surface area contributed by atoms with Crippen molar-refractivity contribution < 1.29 is 9.53 Å². The van der Waals surface area contributed by atoms with Gasteiger partial charge in [0, 0.05) is 25.6 Å². The lowest BCUT2D eigenvalue weighted by Gasteiger charge is -2.11. The first-order chi connectivity index (χ1) is 17.1. The van der Waals surface area contributed by atoms with Crippen LogP contribution in [0, 0.1) is 13.8 Å². The van der Waals surface area contributed by atoms with Gasteiger partial charge in [0.15, 0.2) is 0 Å². The highest BCUT2D eigenvalue weighted by Gasteiger charge is 2.10. The molecule has 1 heterocycles. The molecule has 4 rings (SSSR count). The molecule has 0 fully saturated rings. The SMILES string of the molecule is Cc1cc(C)cc(OCCCn2c(CCCNC(=O)/C=C/c3ccccc3)nc3ccccc32)c1. The summed E-state index contributed by atoms with van der Waals surface area (Å²) in [5, 5.41) is 2.97. The number of para-hydroxylation sites is 2. The summed E-state index contributed by atoms with van der Waals surface area (Å²) < 4.78 is 8.30. The molecular weight excluding hydrogens is 434 g/mol. The van der Waals surface area contributed by atoms with Gasteiger partial charge >= 0.3 is 0 Å². The average molecular weight is 468 g/mol. The molecule has 1 amide bonds. The molecule has 0 unspecified atom stereocenters. The molecule has 0 atom stereocenters. The molecular formula is C30H33N3O2. The van der Waals surface area contributed by atoms with Crippen molar-refractivity contribution in [2.45, 2.75) is 39.7 Å². The van der Waals surface area contributed by atoms with Crippen molar-refractivity contribution in [1.29, 1.82) is 0 Å². The normalized spacial score (nSPS) is 11.3. The van der Waals surface area contributed by atoms with Gasteiger partial charge in [-0.05, 0) is 73.7 Å². The minimum absolute atomic E-state index is 0.0779. The van der Waals surface area contributed by atoms with Gasteiger partial charge < -0.3 is 14.6 Å². The molecule has 4 aromatic rings. The maximum atomic E-state index is 12.1. The fourth-order valence-electron chi connectivity index (χ4n) is 4.25. The largest absolute Gasteiger partial charge is 0.494 e. The third kappa shape index (κ3) is 7.06. The van der Waals surface area contributed by atoms with Crippen molar-refractivity contribution in [2.75, 3.05) is 13.2 Å². The highest BCUT2D eigenvalue weighted by Crippen LogP contribution is 2.19. The zero-order chi connectivity index (χ0) is 24.5. The lowest BCUT2D eigenvalue weighted by atomic mass is 10.1. The minimum Gasteiger partial charge on any atom is -0.494 e. The van der Waals surface area contributed by atoms with Crippen LogP contribution >= 0.6 is 0 Å². The van der Waals surface area contributed by atoms with Crippen LogP contribution in [0.1, 0.15) is 35.4 Å². The maximum absolute atomic E-state index is 12.1. The number of ether oxygens (including phenoxy) is 1. The third-order valence-electron chi connectivity index (χ3n) is 5.83. The van der Waals surface area contributed by atoms with E-state index in [2.05, 4.69) is 60.1 Å². The monoisotopic (exact) mass is 467 g/mol. The van der Waals surface area contributed by atoms with Crippen molar-refractivity contribution in [2.24, 2.45) is 0 Å². The van der Waals surface area contributed by atoms with E-state index >= 15 is 0 Å². The summed E-state index contributed by atoms with van der Waals surface area (Å²) in [4.78, 5) is 17.0. The summed E-state index contributed by atoms with van der Waals surface area (Å²) in [5.74, 6) is 1.90. The quantitative estimate of drug-likeness (QED) is 0.221. The number of fused-ring (bicyclic) bond motifs is 1. The summed E-state index contributed by atoms with van der Waals surface area (Å²) in [6, 6.07) is 24.4. The number of rotatable bonds is 11. The van der Waals surface area contributed by atoms with E-state index in [1.165, 1.54) is 11.1 Å². The summed E-state index contributed by atoms with van der Waals surface area (Å²) in [6.07, 6.45) is 5.93. The standard InChI is InChI=1S/C30H33N3O2/c1-23-20-24(2)22-26(21-23)35-19-9-18-33-28-13-7-6-12-27(28)32-29(33)14-8-17-31-30(34)16-15-25-10-4-3-5-11-25/h3-7,10-13,15-16,20-22H,8-9,14,17-19H2,1-2H3,(H,31,34)/b16-15+. The van der Waals surface area contributed by atoms with Crippen LogP contribution in [0.3, 0.4) is 0 Å². The maximum Gasteiger partial charge on any atom is 0.243 e. The van der Waals surface area contributed by atoms with Crippen molar-refractivity contribution in [3.8, 4) is 5.75 Å². The number of aromatic nitrogens is 2. The van der Waals surface area contributed by atoms with Gasteiger partial charge in [-0.15, -0.1) is 0 Å². The molecule has 180 valence electrons. The Morgan fingerprint density at radius 2 is 1.71 bits per heavy atom. The fraction of sp³-hybridized carbons (Fsp3) is 0.267. The number of amides is 1. The summed E-state index contributed by atoms with van der Waals surface area (Å²) in [6.45, 7) is 6.28. The van der Waals surface area contributed by atoms with Crippen LogP contribution < -0.4 is 10.1 Å². The highest BCUT2D eigenvalue weighted by atomic mass is 16.5. The molecule has 0 aliphatic heterocycles. The molecule has 35 heavy (non-hydrogen) atoms. The predicted octanol–water partition coefficient (Wildman–Crippen LogP) is 5.88. The number of hydrogen-bond acceptors (Lipinski definition) is 3. The smallest absolute Gasteiger partial charge is 0.243 e. The second-order valence-electron chi connectivity index (χ2n) is 8.83. The Bertz CT molecular complexity index is 1270. The number of aryl methyl sites for hydroxylation is 4. The Labute approximate surface area is 207 Å². The topological polar surface area (TPSA) is 56.1 Å². The predicted molar refractivity (Wildman–Crippen MR) is 143 cm³/mol. The van der Waals surface area contributed by atoms with Crippen LogP contribution in [0.4, 0.5) is 0 Å². The molecule has 0 saturated heterocycles. The van der Waals surface area contributed by atoms with E-state index < -0.39 is 0 Å². The van der Waals surface area contributed by atoms with E-state index in [1.807, 2.05) is 42.5 Å². The average Bonchev–Trinajstić information content (AvgIpc) is 3.20. The third-order valence-corrected chi connectivity index (χ3v) is 5.83. The van der Waals surface area contributed by atoms with Gasteiger partial charge in [0.05, 0.1) is 17.6 Å². The molecule has 0 aliphatic rings. The summed E-state index contributed by atoms with van der Waals surface area (Å²) in [5.41, 5.74) is 5.59. The summed E-state index contributed by atoms with van der Waals surface area (Å²) >= 11 is 0. The van der Waals surface area contributed by atoms with Crippen LogP contribution in [0.25, 0.3) is 17.1 Å². The molecule has 0 bridgehead atoms. The van der Waals surface area contributed by atoms with Gasteiger partial charge in [0.1, 0.15) is 11.6 Å². The Morgan fingerprint density at radius 1 is 0.971 bits per heavy atom. The lowest BCUT2D eigenvalue weighted by molar-refractivity contribution is -0.116. The van der Waals surface area contributed by atoms with Crippen molar-refractivity contribution in [3.63, 3.8) is 0 Å². The van der Waals surface area contributed by atoms with Crippen LogP contribution in [0.2, 0.25) is 0 Å². The number of imidazole rings is 1. The Hall–Kier alpha value is -3.86. The Morgan fingerprint density at radius 3 is 2.51 bits per heavy atom. The number of hydrogen-bond donors (Lipinski definition) is 1. The zero-order valence-electron chi connectivity index (χ0n) is 20.5. The number of carbonyl (C=O) groups is 1. The van der Waals surface area contributed by atoms with Crippen LogP contribution in [-0.2, 0) is 17.8 Å². The molecule has 0 aliphatic carbocycles. The minimum atomic E-state index is -0.0779. The van der Waals surface area contributed by atoms with E-state index in [9.17, 15) is 4.79 Å².